The van der Waals surface area contributed by atoms with Crippen molar-refractivity contribution in [3.8, 4) is 5.75 Å². The van der Waals surface area contributed by atoms with Gasteiger partial charge in [0.25, 0.3) is 0 Å². The maximum absolute atomic E-state index is 10.3. The van der Waals surface area contributed by atoms with Crippen LogP contribution in [0.25, 0.3) is 0 Å². The second kappa shape index (κ2) is 9.76. The Morgan fingerprint density at radius 2 is 1.93 bits per heavy atom. The van der Waals surface area contributed by atoms with Gasteiger partial charge in [-0.15, -0.1) is 0 Å². The summed E-state index contributed by atoms with van der Waals surface area (Å²) in [7, 11) is 1.52. The van der Waals surface area contributed by atoms with Crippen LogP contribution < -0.4 is 23.6 Å². The summed E-state index contributed by atoms with van der Waals surface area (Å²) in [5, 5.41) is 0. The number of aromatic nitrogens is 1. The van der Waals surface area contributed by atoms with E-state index in [-0.39, 0.29) is 18.9 Å². The van der Waals surface area contributed by atoms with Gasteiger partial charge in [0.05, 0.1) is 12.7 Å². The number of hydrogen-bond acceptors (Lipinski definition) is 3. The second-order valence-corrected chi connectivity index (χ2v) is 3.24. The number of nitrogens with zero attached hydrogens (tertiary/aromatic N) is 1. The maximum atomic E-state index is 10.3. The smallest absolute Gasteiger partial charge is 0.496 e. The number of pyridine rings is 1. The van der Waals surface area contributed by atoms with Gasteiger partial charge in [0, 0.05) is 12.4 Å². The van der Waals surface area contributed by atoms with Crippen molar-refractivity contribution in [1.82, 2.24) is 4.98 Å². The van der Waals surface area contributed by atoms with E-state index in [1.165, 1.54) is 19.2 Å². The van der Waals surface area contributed by atoms with Crippen LogP contribution in [0.3, 0.4) is 0 Å². The standard InChI is InChI=1S/C7H7NO2.C4H9.Li/c1-10-7-2-3-8-4-6(7)5-9;1-4(2)3;/h2-5H,1H3;1-3H3;/q;-1;+1. The summed E-state index contributed by atoms with van der Waals surface area (Å²) in [5.74, 6) is 1.98. The van der Waals surface area contributed by atoms with Crippen molar-refractivity contribution in [1.29, 1.82) is 0 Å². The summed E-state index contributed by atoms with van der Waals surface area (Å²) in [4.78, 5) is 14.0. The van der Waals surface area contributed by atoms with Crippen LogP contribution in [0.15, 0.2) is 18.5 Å². The molecule has 1 rings (SSSR count). The first-order chi connectivity index (χ1) is 6.61. The third-order valence-corrected chi connectivity index (χ3v) is 1.16. The van der Waals surface area contributed by atoms with Gasteiger partial charge in [0.2, 0.25) is 0 Å². The number of methoxy groups -OCH3 is 1. The molecule has 0 saturated carbocycles. The number of hydrogen-bond donors (Lipinski definition) is 0. The summed E-state index contributed by atoms with van der Waals surface area (Å²) in [6, 6.07) is 1.64. The van der Waals surface area contributed by atoms with E-state index in [1.807, 2.05) is 0 Å². The molecule has 0 amide bonds. The minimum Gasteiger partial charge on any atom is -0.496 e. The molecule has 0 bridgehead atoms. The van der Waals surface area contributed by atoms with Crippen molar-refractivity contribution in [3.63, 3.8) is 0 Å². The zero-order chi connectivity index (χ0) is 11.0. The first kappa shape index (κ1) is 16.6. The molecule has 0 aliphatic carbocycles. The number of carbonyl (C=O) groups is 1. The molecule has 0 radical (unpaired) electrons. The van der Waals surface area contributed by atoms with Crippen molar-refractivity contribution in [2.24, 2.45) is 0 Å². The van der Waals surface area contributed by atoms with Crippen LogP contribution in [0.1, 0.15) is 31.1 Å². The Labute approximate surface area is 103 Å². The molecule has 0 spiro atoms. The van der Waals surface area contributed by atoms with E-state index in [4.69, 9.17) is 4.74 Å². The Morgan fingerprint density at radius 1 is 1.40 bits per heavy atom. The van der Waals surface area contributed by atoms with E-state index in [9.17, 15) is 4.79 Å². The quantitative estimate of drug-likeness (QED) is 0.369. The zero-order valence-corrected chi connectivity index (χ0v) is 10.1. The molecule has 1 aromatic heterocycles. The van der Waals surface area contributed by atoms with Crippen molar-refractivity contribution in [3.05, 3.63) is 29.9 Å². The Hall–Kier alpha value is -0.783. The van der Waals surface area contributed by atoms with E-state index in [0.29, 0.717) is 17.6 Å². The van der Waals surface area contributed by atoms with Crippen LogP contribution >= 0.6 is 0 Å². The molecule has 0 saturated heterocycles. The molecule has 3 nitrogen and oxygen atoms in total. The molecule has 0 aliphatic heterocycles. The van der Waals surface area contributed by atoms with Crippen molar-refractivity contribution in [2.45, 2.75) is 20.8 Å². The fourth-order valence-corrected chi connectivity index (χ4v) is 0.668. The van der Waals surface area contributed by atoms with Gasteiger partial charge in [-0.1, -0.05) is 0 Å². The minimum atomic E-state index is 0. The van der Waals surface area contributed by atoms with Crippen LogP contribution in [0.4, 0.5) is 0 Å². The third kappa shape index (κ3) is 8.23. The number of ether oxygens (including phenoxy) is 1. The van der Waals surface area contributed by atoms with Gasteiger partial charge in [-0.25, -0.2) is 0 Å². The Bertz CT molecular complexity index is 274. The maximum Gasteiger partial charge on any atom is 1.00 e. The van der Waals surface area contributed by atoms with E-state index >= 15 is 0 Å². The molecule has 78 valence electrons. The van der Waals surface area contributed by atoms with Crippen LogP contribution in [0.5, 0.6) is 5.75 Å². The van der Waals surface area contributed by atoms with Crippen molar-refractivity contribution < 1.29 is 28.4 Å². The Kier molecular flexibility index (Phi) is 10.8. The SMILES string of the molecule is COc1ccncc1C=O.C[C-](C)C.[Li+]. The van der Waals surface area contributed by atoms with Crippen LogP contribution in [-0.2, 0) is 0 Å². The summed E-state index contributed by atoms with van der Waals surface area (Å²) in [6.07, 6.45) is 3.75. The Morgan fingerprint density at radius 3 is 2.27 bits per heavy atom. The minimum absolute atomic E-state index is 0. The summed E-state index contributed by atoms with van der Waals surface area (Å²) >= 11 is 0. The number of carbonyl (C=O) groups excluding carboxylic acids is 1. The fourth-order valence-electron chi connectivity index (χ4n) is 0.668. The molecular weight excluding hydrogens is 185 g/mol. The number of rotatable bonds is 2. The molecule has 1 aromatic rings. The van der Waals surface area contributed by atoms with Gasteiger partial charge < -0.3 is 10.7 Å². The van der Waals surface area contributed by atoms with Crippen molar-refractivity contribution >= 4 is 6.29 Å². The molecular formula is C11H16LiNO2. The molecule has 15 heavy (non-hydrogen) atoms. The van der Waals surface area contributed by atoms with Crippen LogP contribution in [-0.4, -0.2) is 18.4 Å². The molecule has 4 heteroatoms. The second-order valence-electron chi connectivity index (χ2n) is 3.24. The monoisotopic (exact) mass is 201 g/mol. The predicted molar refractivity (Wildman–Crippen MR) is 56.4 cm³/mol. The number of aldehydes is 1. The fraction of sp³-hybridized carbons (Fsp3) is 0.364. The van der Waals surface area contributed by atoms with Gasteiger partial charge in [-0.05, 0) is 6.07 Å². The molecule has 0 atom stereocenters. The zero-order valence-electron chi connectivity index (χ0n) is 10.1. The van der Waals surface area contributed by atoms with E-state index in [1.54, 1.807) is 12.3 Å². The van der Waals surface area contributed by atoms with Gasteiger partial charge in [-0.2, -0.15) is 20.8 Å². The summed E-state index contributed by atoms with van der Waals surface area (Å²) in [5.41, 5.74) is 0.477. The molecule has 1 heterocycles. The van der Waals surface area contributed by atoms with Crippen LogP contribution in [0.2, 0.25) is 0 Å². The average Bonchev–Trinajstić information content (AvgIpc) is 2.17. The van der Waals surface area contributed by atoms with Gasteiger partial charge in [0.1, 0.15) is 5.75 Å². The van der Waals surface area contributed by atoms with Gasteiger partial charge >= 0.3 is 18.9 Å². The Balaban J connectivity index is 0. The largest absolute Gasteiger partial charge is 1.00 e. The van der Waals surface area contributed by atoms with E-state index < -0.39 is 0 Å². The first-order valence-corrected chi connectivity index (χ1v) is 4.31. The molecule has 0 fully saturated rings. The molecule has 0 aromatic carbocycles. The van der Waals surface area contributed by atoms with Crippen molar-refractivity contribution in [2.75, 3.05) is 7.11 Å². The average molecular weight is 201 g/mol. The predicted octanol–water partition coefficient (Wildman–Crippen LogP) is -0.473. The molecule has 0 unspecified atom stereocenters. The summed E-state index contributed by atoms with van der Waals surface area (Å²) in [6.45, 7) is 6.25. The third-order valence-electron chi connectivity index (χ3n) is 1.16. The normalized spacial score (nSPS) is 8.33. The topological polar surface area (TPSA) is 39.2 Å². The van der Waals surface area contributed by atoms with Crippen LogP contribution in [0, 0.1) is 5.92 Å². The summed E-state index contributed by atoms with van der Waals surface area (Å²) < 4.78 is 4.86. The molecule has 0 N–H and O–H groups in total. The first-order valence-electron chi connectivity index (χ1n) is 4.31. The van der Waals surface area contributed by atoms with E-state index in [0.717, 1.165) is 0 Å². The molecule has 0 aliphatic rings. The van der Waals surface area contributed by atoms with E-state index in [2.05, 4.69) is 25.8 Å². The van der Waals surface area contributed by atoms with Gasteiger partial charge in [0.15, 0.2) is 6.29 Å². The van der Waals surface area contributed by atoms with Gasteiger partial charge in [-0.3, -0.25) is 9.78 Å².